The Labute approximate surface area is 217 Å². The zero-order valence-corrected chi connectivity index (χ0v) is 20.7. The number of anilines is 2. The highest BCUT2D eigenvalue weighted by Gasteiger charge is 2.45. The van der Waals surface area contributed by atoms with Gasteiger partial charge in [0.25, 0.3) is 17.7 Å². The lowest BCUT2D eigenvalue weighted by atomic mass is 9.92. The Morgan fingerprint density at radius 2 is 1.87 bits per heavy atom. The zero-order valence-electron chi connectivity index (χ0n) is 20.7. The van der Waals surface area contributed by atoms with Crippen molar-refractivity contribution in [3.63, 3.8) is 0 Å². The van der Waals surface area contributed by atoms with Crippen molar-refractivity contribution in [2.45, 2.75) is 43.9 Å². The Bertz CT molecular complexity index is 1300. The number of nitrogen functional groups attached to an aromatic ring is 1. The lowest BCUT2D eigenvalue weighted by molar-refractivity contribution is 0.0119. The second-order valence-corrected chi connectivity index (χ2v) is 10.2. The first kappa shape index (κ1) is 25.6. The van der Waals surface area contributed by atoms with E-state index in [0.29, 0.717) is 44.6 Å². The fraction of sp³-hybridized carbons (Fsp3) is 0.520. The van der Waals surface area contributed by atoms with Crippen LogP contribution in [0.5, 0.6) is 6.01 Å². The summed E-state index contributed by atoms with van der Waals surface area (Å²) >= 11 is 0. The molecule has 0 bridgehead atoms. The molecule has 13 heteroatoms. The van der Waals surface area contributed by atoms with Crippen LogP contribution in [-0.2, 0) is 0 Å². The fourth-order valence-corrected chi connectivity index (χ4v) is 4.78. The van der Waals surface area contributed by atoms with Crippen molar-refractivity contribution >= 4 is 23.3 Å². The molecule has 4 N–H and O–H groups in total. The molecular formula is C25H28F2N8O3. The van der Waals surface area contributed by atoms with Crippen LogP contribution in [0.15, 0.2) is 18.2 Å². The number of aromatic nitrogens is 3. The van der Waals surface area contributed by atoms with E-state index in [-0.39, 0.29) is 42.2 Å². The summed E-state index contributed by atoms with van der Waals surface area (Å²) in [5, 5.41) is 9.36. The number of piperidine rings is 1. The van der Waals surface area contributed by atoms with Crippen molar-refractivity contribution in [2.75, 3.05) is 43.4 Å². The molecule has 2 aromatic rings. The van der Waals surface area contributed by atoms with Crippen LogP contribution in [0.4, 0.5) is 20.3 Å². The molecule has 3 aliphatic rings. The van der Waals surface area contributed by atoms with Crippen LogP contribution in [0.2, 0.25) is 0 Å². The lowest BCUT2D eigenvalue weighted by Crippen LogP contribution is -2.35. The number of pyridine rings is 1. The standard InChI is InChI=1S/C25H28F2N8O3/c26-25(27)7-10-35(13-25)22(37)18-11-19(33-23(32-18)38-14-24(12-28)5-6-24)34-8-3-15(4-9-34)17-2-1-16(29)20(31-17)21(30)36/h1-2,11,15H,3-10,13-14,29H2,(H2,30,36). The van der Waals surface area contributed by atoms with Gasteiger partial charge in [0.2, 0.25) is 0 Å². The van der Waals surface area contributed by atoms with Gasteiger partial charge in [0.1, 0.15) is 18.1 Å². The van der Waals surface area contributed by atoms with Gasteiger partial charge < -0.3 is 26.0 Å². The highest BCUT2D eigenvalue weighted by molar-refractivity contribution is 5.96. The third-order valence-electron chi connectivity index (χ3n) is 7.36. The molecular weight excluding hydrogens is 498 g/mol. The number of halogens is 2. The summed E-state index contributed by atoms with van der Waals surface area (Å²) in [6.07, 6.45) is 2.38. The monoisotopic (exact) mass is 526 g/mol. The number of nitrogens with zero attached hydrogens (tertiary/aromatic N) is 6. The normalized spacial score (nSPS) is 20.1. The summed E-state index contributed by atoms with van der Waals surface area (Å²) in [5.41, 5.74) is 11.6. The molecule has 4 heterocycles. The van der Waals surface area contributed by atoms with Crippen molar-refractivity contribution in [3.05, 3.63) is 35.3 Å². The molecule has 2 saturated heterocycles. The Balaban J connectivity index is 1.34. The maximum atomic E-state index is 13.8. The van der Waals surface area contributed by atoms with Gasteiger partial charge in [0, 0.05) is 43.7 Å². The van der Waals surface area contributed by atoms with Gasteiger partial charge >= 0.3 is 6.01 Å². The maximum Gasteiger partial charge on any atom is 0.319 e. The summed E-state index contributed by atoms with van der Waals surface area (Å²) in [7, 11) is 0. The molecule has 11 nitrogen and oxygen atoms in total. The van der Waals surface area contributed by atoms with Crippen molar-refractivity contribution in [1.29, 1.82) is 5.26 Å². The maximum absolute atomic E-state index is 13.8. The van der Waals surface area contributed by atoms with Crippen LogP contribution in [0, 0.1) is 16.7 Å². The number of primary amides is 1. The number of alkyl halides is 2. The van der Waals surface area contributed by atoms with E-state index in [1.807, 2.05) is 4.90 Å². The fourth-order valence-electron chi connectivity index (χ4n) is 4.78. The first-order valence-electron chi connectivity index (χ1n) is 12.5. The second kappa shape index (κ2) is 9.66. The first-order valence-corrected chi connectivity index (χ1v) is 12.5. The van der Waals surface area contributed by atoms with Crippen LogP contribution >= 0.6 is 0 Å². The molecule has 0 unspecified atom stereocenters. The first-order chi connectivity index (χ1) is 18.1. The molecule has 3 fully saturated rings. The summed E-state index contributed by atoms with van der Waals surface area (Å²) in [4.78, 5) is 40.8. The number of nitriles is 1. The van der Waals surface area contributed by atoms with Crippen LogP contribution in [-0.4, -0.2) is 70.4 Å². The van der Waals surface area contributed by atoms with Crippen molar-refractivity contribution in [3.8, 4) is 12.1 Å². The third kappa shape index (κ3) is 5.29. The minimum atomic E-state index is -2.93. The summed E-state index contributed by atoms with van der Waals surface area (Å²) in [6.45, 7) is 0.473. The van der Waals surface area contributed by atoms with E-state index < -0.39 is 36.1 Å². The number of likely N-dealkylation sites (tertiary alicyclic amines) is 1. The minimum absolute atomic E-state index is 0.0297. The molecule has 2 amide bonds. The number of carbonyl (C=O) groups excluding carboxylic acids is 2. The number of rotatable bonds is 7. The van der Waals surface area contributed by atoms with Gasteiger partial charge in [-0.3, -0.25) is 9.59 Å². The van der Waals surface area contributed by atoms with Crippen molar-refractivity contribution in [2.24, 2.45) is 11.1 Å². The summed E-state index contributed by atoms with van der Waals surface area (Å²) in [6, 6.07) is 7.07. The highest BCUT2D eigenvalue weighted by Crippen LogP contribution is 2.45. The molecule has 2 aromatic heterocycles. The Morgan fingerprint density at radius 3 is 2.47 bits per heavy atom. The van der Waals surface area contributed by atoms with Crippen LogP contribution in [0.25, 0.3) is 0 Å². The summed E-state index contributed by atoms with van der Waals surface area (Å²) < 4.78 is 33.2. The van der Waals surface area contributed by atoms with Crippen molar-refractivity contribution < 1.29 is 23.1 Å². The second-order valence-electron chi connectivity index (χ2n) is 10.2. The molecule has 1 saturated carbocycles. The number of amides is 2. The molecule has 2 aliphatic heterocycles. The molecule has 0 spiro atoms. The summed E-state index contributed by atoms with van der Waals surface area (Å²) in [5.74, 6) is -3.74. The number of hydrogen-bond donors (Lipinski definition) is 2. The van der Waals surface area contributed by atoms with Gasteiger partial charge in [-0.2, -0.15) is 15.2 Å². The quantitative estimate of drug-likeness (QED) is 0.550. The van der Waals surface area contributed by atoms with Gasteiger partial charge in [-0.25, -0.2) is 13.8 Å². The smallest absolute Gasteiger partial charge is 0.319 e. The van der Waals surface area contributed by atoms with Crippen LogP contribution < -0.4 is 21.1 Å². The average Bonchev–Trinajstić information content (AvgIpc) is 3.61. The Morgan fingerprint density at radius 1 is 1.13 bits per heavy atom. The Hall–Kier alpha value is -4.08. The number of hydrogen-bond acceptors (Lipinski definition) is 9. The zero-order chi connectivity index (χ0) is 27.1. The Kier molecular flexibility index (Phi) is 6.50. The lowest BCUT2D eigenvalue weighted by Gasteiger charge is -2.33. The van der Waals surface area contributed by atoms with E-state index in [2.05, 4.69) is 21.0 Å². The van der Waals surface area contributed by atoms with Crippen LogP contribution in [0.1, 0.15) is 64.7 Å². The van der Waals surface area contributed by atoms with E-state index in [4.69, 9.17) is 16.2 Å². The molecule has 0 atom stereocenters. The van der Waals surface area contributed by atoms with E-state index >= 15 is 0 Å². The number of ether oxygens (including phenoxy) is 1. The predicted octanol–water partition coefficient (Wildman–Crippen LogP) is 2.10. The molecule has 1 aliphatic carbocycles. The largest absolute Gasteiger partial charge is 0.462 e. The SMILES string of the molecule is N#CC1(COc2nc(C(=O)N3CCC(F)(F)C3)cc(N3CCC(c4ccc(N)c(C(N)=O)n4)CC3)n2)CC1. The van der Waals surface area contributed by atoms with E-state index in [1.165, 1.54) is 6.07 Å². The molecule has 0 radical (unpaired) electrons. The molecule has 5 rings (SSSR count). The van der Waals surface area contributed by atoms with E-state index in [0.717, 1.165) is 10.6 Å². The van der Waals surface area contributed by atoms with Gasteiger partial charge in [-0.05, 0) is 37.8 Å². The van der Waals surface area contributed by atoms with Crippen molar-refractivity contribution in [1.82, 2.24) is 19.9 Å². The third-order valence-corrected chi connectivity index (χ3v) is 7.36. The van der Waals surface area contributed by atoms with E-state index in [1.54, 1.807) is 12.1 Å². The van der Waals surface area contributed by atoms with Gasteiger partial charge in [-0.1, -0.05) is 0 Å². The van der Waals surface area contributed by atoms with Gasteiger partial charge in [-0.15, -0.1) is 0 Å². The molecule has 38 heavy (non-hydrogen) atoms. The topological polar surface area (TPSA) is 164 Å². The van der Waals surface area contributed by atoms with E-state index in [9.17, 15) is 23.6 Å². The average molecular weight is 527 g/mol. The van der Waals surface area contributed by atoms with Gasteiger partial charge in [0.15, 0.2) is 5.69 Å². The number of nitrogens with two attached hydrogens (primary N) is 2. The molecule has 200 valence electrons. The van der Waals surface area contributed by atoms with Crippen LogP contribution in [0.3, 0.4) is 0 Å². The van der Waals surface area contributed by atoms with Gasteiger partial charge in [0.05, 0.1) is 23.7 Å². The predicted molar refractivity (Wildman–Crippen MR) is 132 cm³/mol. The number of carbonyl (C=O) groups is 2. The highest BCUT2D eigenvalue weighted by atomic mass is 19.3. The minimum Gasteiger partial charge on any atom is -0.462 e. The molecule has 0 aromatic carbocycles.